The Balaban J connectivity index is 1.74. The number of aromatic hydroxyl groups is 1. The van der Waals surface area contributed by atoms with Gasteiger partial charge in [-0.2, -0.15) is 5.10 Å². The molecule has 0 unspecified atom stereocenters. The lowest BCUT2D eigenvalue weighted by Crippen LogP contribution is -2.48. The number of phenolic OH excluding ortho intramolecular Hbond substituents is 1. The molecule has 0 bridgehead atoms. The quantitative estimate of drug-likeness (QED) is 0.445. The molecule has 2 rings (SSSR count). The van der Waals surface area contributed by atoms with Crippen LogP contribution in [-0.4, -0.2) is 34.5 Å². The van der Waals surface area contributed by atoms with E-state index in [0.717, 1.165) is 18.7 Å². The molecule has 5 nitrogen and oxygen atoms in total. The van der Waals surface area contributed by atoms with Crippen LogP contribution in [0, 0.1) is 0 Å². The van der Waals surface area contributed by atoms with E-state index in [4.69, 9.17) is 17.3 Å². The van der Waals surface area contributed by atoms with Crippen molar-refractivity contribution < 1.29 is 5.11 Å². The first-order valence-electron chi connectivity index (χ1n) is 6.38. The summed E-state index contributed by atoms with van der Waals surface area (Å²) in [5.74, 6) is 0.243. The van der Waals surface area contributed by atoms with E-state index in [1.165, 1.54) is 19.3 Å². The first-order chi connectivity index (χ1) is 9.24. The molecule has 0 aliphatic carbocycles. The topological polar surface area (TPSA) is 59.9 Å². The molecule has 0 radical (unpaired) electrons. The number of nitrogens with one attached hydrogen (secondary N) is 2. The number of thiocarbonyl (C=S) groups is 1. The van der Waals surface area contributed by atoms with Crippen LogP contribution < -0.4 is 10.9 Å². The molecule has 1 saturated heterocycles. The highest BCUT2D eigenvalue weighted by atomic mass is 32.1. The summed E-state index contributed by atoms with van der Waals surface area (Å²) in [5, 5.41) is 15.8. The van der Waals surface area contributed by atoms with Crippen molar-refractivity contribution in [2.24, 2.45) is 5.10 Å². The fourth-order valence-electron chi connectivity index (χ4n) is 1.90. The molecule has 1 aromatic carbocycles. The van der Waals surface area contributed by atoms with Gasteiger partial charge in [0.25, 0.3) is 0 Å². The van der Waals surface area contributed by atoms with E-state index in [1.54, 1.807) is 30.5 Å². The molecule has 0 saturated carbocycles. The van der Waals surface area contributed by atoms with Crippen molar-refractivity contribution in [3.8, 4) is 5.75 Å². The van der Waals surface area contributed by atoms with Crippen molar-refractivity contribution in [3.63, 3.8) is 0 Å². The Hall–Kier alpha value is -1.66. The molecular formula is C13H18N4OS. The summed E-state index contributed by atoms with van der Waals surface area (Å²) in [5.41, 5.74) is 6.79. The minimum absolute atomic E-state index is 0.243. The SMILES string of the molecule is Oc1ccc(/C=N/NC(=S)NN2CCCCC2)cc1. The number of hydrazine groups is 1. The van der Waals surface area contributed by atoms with Crippen molar-refractivity contribution in [3.05, 3.63) is 29.8 Å². The highest BCUT2D eigenvalue weighted by Crippen LogP contribution is 2.07. The van der Waals surface area contributed by atoms with Crippen LogP contribution in [0.25, 0.3) is 0 Å². The van der Waals surface area contributed by atoms with E-state index in [0.29, 0.717) is 5.11 Å². The maximum atomic E-state index is 9.16. The van der Waals surface area contributed by atoms with Gasteiger partial charge < -0.3 is 5.11 Å². The zero-order valence-corrected chi connectivity index (χ0v) is 11.5. The van der Waals surface area contributed by atoms with Crippen molar-refractivity contribution in [1.29, 1.82) is 0 Å². The maximum absolute atomic E-state index is 9.16. The van der Waals surface area contributed by atoms with Crippen molar-refractivity contribution >= 4 is 23.5 Å². The van der Waals surface area contributed by atoms with Crippen molar-refractivity contribution in [2.75, 3.05) is 13.1 Å². The minimum Gasteiger partial charge on any atom is -0.508 e. The zero-order chi connectivity index (χ0) is 13.5. The maximum Gasteiger partial charge on any atom is 0.201 e. The summed E-state index contributed by atoms with van der Waals surface area (Å²) in [6, 6.07) is 6.79. The van der Waals surface area contributed by atoms with E-state index in [9.17, 15) is 0 Å². The van der Waals surface area contributed by atoms with Gasteiger partial charge in [-0.05, 0) is 54.9 Å². The van der Waals surface area contributed by atoms with Crippen LogP contribution in [0.3, 0.4) is 0 Å². The molecule has 1 aromatic rings. The summed E-state index contributed by atoms with van der Waals surface area (Å²) in [7, 11) is 0. The minimum atomic E-state index is 0.243. The second kappa shape index (κ2) is 7.06. The lowest BCUT2D eigenvalue weighted by molar-refractivity contribution is 0.194. The van der Waals surface area contributed by atoms with Gasteiger partial charge in [-0.1, -0.05) is 6.42 Å². The molecule has 0 amide bonds. The number of benzene rings is 1. The second-order valence-corrected chi connectivity index (χ2v) is 4.86. The zero-order valence-electron chi connectivity index (χ0n) is 10.7. The highest BCUT2D eigenvalue weighted by Gasteiger charge is 2.09. The first kappa shape index (κ1) is 13.8. The monoisotopic (exact) mass is 278 g/mol. The number of piperidine rings is 1. The van der Waals surface area contributed by atoms with Gasteiger partial charge in [-0.3, -0.25) is 10.9 Å². The lowest BCUT2D eigenvalue weighted by Gasteiger charge is -2.27. The van der Waals surface area contributed by atoms with Crippen LogP contribution in [0.2, 0.25) is 0 Å². The van der Waals surface area contributed by atoms with Crippen molar-refractivity contribution in [1.82, 2.24) is 15.9 Å². The fraction of sp³-hybridized carbons (Fsp3) is 0.385. The second-order valence-electron chi connectivity index (χ2n) is 4.45. The molecule has 0 aromatic heterocycles. The Kier molecular flexibility index (Phi) is 5.11. The van der Waals surface area contributed by atoms with E-state index in [2.05, 4.69) is 21.0 Å². The summed E-state index contributed by atoms with van der Waals surface area (Å²) in [6.45, 7) is 2.03. The number of hydrazone groups is 1. The van der Waals surface area contributed by atoms with Gasteiger partial charge in [0.05, 0.1) is 6.21 Å². The average Bonchev–Trinajstić information content (AvgIpc) is 2.42. The highest BCUT2D eigenvalue weighted by molar-refractivity contribution is 7.80. The summed E-state index contributed by atoms with van der Waals surface area (Å²) in [6.07, 6.45) is 5.35. The van der Waals surface area contributed by atoms with Crippen LogP contribution in [0.1, 0.15) is 24.8 Å². The van der Waals surface area contributed by atoms with Crippen LogP contribution >= 0.6 is 12.2 Å². The summed E-state index contributed by atoms with van der Waals surface area (Å²) >= 11 is 5.15. The molecule has 1 aliphatic heterocycles. The molecule has 102 valence electrons. The van der Waals surface area contributed by atoms with Crippen LogP contribution in [0.5, 0.6) is 5.75 Å². The predicted molar refractivity (Wildman–Crippen MR) is 80.0 cm³/mol. The van der Waals surface area contributed by atoms with E-state index in [1.807, 2.05) is 0 Å². The third-order valence-electron chi connectivity index (χ3n) is 2.89. The molecule has 1 fully saturated rings. The van der Waals surface area contributed by atoms with Gasteiger partial charge in [0, 0.05) is 13.1 Å². The molecule has 1 aliphatic rings. The van der Waals surface area contributed by atoms with Crippen LogP contribution in [0.4, 0.5) is 0 Å². The largest absolute Gasteiger partial charge is 0.508 e. The summed E-state index contributed by atoms with van der Waals surface area (Å²) < 4.78 is 0. The van der Waals surface area contributed by atoms with Gasteiger partial charge >= 0.3 is 0 Å². The smallest absolute Gasteiger partial charge is 0.201 e. The first-order valence-corrected chi connectivity index (χ1v) is 6.78. The number of hydrogen-bond donors (Lipinski definition) is 3. The van der Waals surface area contributed by atoms with Crippen molar-refractivity contribution in [2.45, 2.75) is 19.3 Å². The van der Waals surface area contributed by atoms with Gasteiger partial charge in [0.1, 0.15) is 5.75 Å². The van der Waals surface area contributed by atoms with Gasteiger partial charge in [0.2, 0.25) is 5.11 Å². The van der Waals surface area contributed by atoms with Gasteiger partial charge in [-0.25, -0.2) is 5.01 Å². The molecular weight excluding hydrogens is 260 g/mol. The Morgan fingerprint density at radius 3 is 2.58 bits per heavy atom. The Morgan fingerprint density at radius 1 is 1.21 bits per heavy atom. The Labute approximate surface area is 118 Å². The predicted octanol–water partition coefficient (Wildman–Crippen LogP) is 1.59. The molecule has 1 heterocycles. The Morgan fingerprint density at radius 2 is 1.89 bits per heavy atom. The third kappa shape index (κ3) is 4.84. The molecule has 0 atom stereocenters. The van der Waals surface area contributed by atoms with Gasteiger partial charge in [-0.15, -0.1) is 0 Å². The number of nitrogens with zero attached hydrogens (tertiary/aromatic N) is 2. The standard InChI is InChI=1S/C13H18N4OS/c18-12-6-4-11(5-7-12)10-14-15-13(19)16-17-8-2-1-3-9-17/h4-7,10,18H,1-3,8-9H2,(H2,15,16,19)/b14-10+. The molecule has 0 spiro atoms. The number of rotatable bonds is 3. The van der Waals surface area contributed by atoms with E-state index in [-0.39, 0.29) is 5.75 Å². The van der Waals surface area contributed by atoms with Crippen LogP contribution in [-0.2, 0) is 0 Å². The van der Waals surface area contributed by atoms with Gasteiger partial charge in [0.15, 0.2) is 0 Å². The number of phenols is 1. The fourth-order valence-corrected chi connectivity index (χ4v) is 2.08. The molecule has 19 heavy (non-hydrogen) atoms. The summed E-state index contributed by atoms with van der Waals surface area (Å²) in [4.78, 5) is 0. The Bertz CT molecular complexity index is 440. The normalized spacial score (nSPS) is 16.4. The average molecular weight is 278 g/mol. The van der Waals surface area contributed by atoms with E-state index < -0.39 is 0 Å². The lowest BCUT2D eigenvalue weighted by atomic mass is 10.2. The molecule has 6 heteroatoms. The van der Waals surface area contributed by atoms with Crippen LogP contribution in [0.15, 0.2) is 29.4 Å². The number of hydrogen-bond acceptors (Lipinski definition) is 4. The third-order valence-corrected chi connectivity index (χ3v) is 3.07. The van der Waals surface area contributed by atoms with E-state index >= 15 is 0 Å². The molecule has 3 N–H and O–H groups in total.